The van der Waals surface area contributed by atoms with Gasteiger partial charge in [0.05, 0.1) is 30.2 Å². The Labute approximate surface area is 261 Å². The van der Waals surface area contributed by atoms with Crippen molar-refractivity contribution in [2.24, 2.45) is 15.5 Å². The van der Waals surface area contributed by atoms with Gasteiger partial charge >= 0.3 is 11.9 Å². The fourth-order valence-corrected chi connectivity index (χ4v) is 6.38. The Bertz CT molecular complexity index is 1640. The van der Waals surface area contributed by atoms with Gasteiger partial charge in [-0.1, -0.05) is 12.1 Å². The molecule has 0 radical (unpaired) electrons. The number of carbonyl (C=O) groups is 3. The van der Waals surface area contributed by atoms with E-state index in [1.807, 2.05) is 5.38 Å². The summed E-state index contributed by atoms with van der Waals surface area (Å²) in [4.78, 5) is 48.8. The van der Waals surface area contributed by atoms with E-state index in [4.69, 9.17) is 9.73 Å². The number of halogens is 3. The molecule has 2 N–H and O–H groups in total. The largest absolute Gasteiger partial charge is 0.481 e. The van der Waals surface area contributed by atoms with Gasteiger partial charge in [0.25, 0.3) is 5.92 Å². The van der Waals surface area contributed by atoms with Crippen LogP contribution in [0.3, 0.4) is 0 Å². The Hall–Kier alpha value is -4.11. The molecule has 3 aliphatic rings. The summed E-state index contributed by atoms with van der Waals surface area (Å²) in [6, 6.07) is 0.672. The quantitative estimate of drug-likeness (QED) is 0.393. The molecule has 0 spiro atoms. The molecule has 0 unspecified atom stereocenters. The number of hydrogen-bond donors (Lipinski definition) is 2. The van der Waals surface area contributed by atoms with Gasteiger partial charge in [-0.2, -0.15) is 5.10 Å². The van der Waals surface area contributed by atoms with Crippen molar-refractivity contribution in [2.75, 3.05) is 19.7 Å². The number of aromatic nitrogens is 1. The maximum Gasteiger partial charge on any atom is 0.338 e. The van der Waals surface area contributed by atoms with Gasteiger partial charge in [-0.15, -0.1) is 11.3 Å². The zero-order valence-corrected chi connectivity index (χ0v) is 26.1. The van der Waals surface area contributed by atoms with Crippen molar-refractivity contribution in [3.63, 3.8) is 0 Å². The molecule has 0 saturated carbocycles. The molecule has 0 aliphatic carbocycles. The van der Waals surface area contributed by atoms with Crippen molar-refractivity contribution in [2.45, 2.75) is 65.1 Å². The number of benzene rings is 1. The second-order valence-corrected chi connectivity index (χ2v) is 12.7. The Morgan fingerprint density at radius 1 is 1.24 bits per heavy atom. The summed E-state index contributed by atoms with van der Waals surface area (Å²) in [7, 11) is 0. The maximum absolute atomic E-state index is 15.6. The average molecular weight is 647 g/mol. The topological polar surface area (TPSA) is 137 Å². The number of carboxylic acids is 1. The van der Waals surface area contributed by atoms with Gasteiger partial charge in [-0.3, -0.25) is 19.5 Å². The zero-order chi connectivity index (χ0) is 32.8. The number of rotatable bonds is 9. The minimum absolute atomic E-state index is 0.0234. The summed E-state index contributed by atoms with van der Waals surface area (Å²) >= 11 is 1.29. The summed E-state index contributed by atoms with van der Waals surface area (Å²) in [5.74, 6) is -6.48. The zero-order valence-electron chi connectivity index (χ0n) is 25.3. The van der Waals surface area contributed by atoms with Crippen LogP contribution in [0.1, 0.15) is 55.1 Å². The van der Waals surface area contributed by atoms with E-state index in [9.17, 15) is 23.9 Å². The van der Waals surface area contributed by atoms with Crippen molar-refractivity contribution in [1.29, 1.82) is 0 Å². The van der Waals surface area contributed by atoms with Crippen LogP contribution in [0.4, 0.5) is 13.2 Å². The number of nitrogens with zero attached hydrogens (tertiary/aromatic N) is 5. The fourth-order valence-electron chi connectivity index (χ4n) is 5.64. The van der Waals surface area contributed by atoms with E-state index in [1.165, 1.54) is 48.4 Å². The van der Waals surface area contributed by atoms with Crippen LogP contribution >= 0.6 is 11.3 Å². The smallest absolute Gasteiger partial charge is 0.338 e. The summed E-state index contributed by atoms with van der Waals surface area (Å²) in [6.45, 7) is 6.67. The molecule has 1 aromatic heterocycles. The second kappa shape index (κ2) is 12.0. The van der Waals surface area contributed by atoms with E-state index in [0.29, 0.717) is 15.6 Å². The molecule has 1 saturated heterocycles. The molecule has 2 aromatic rings. The minimum Gasteiger partial charge on any atom is -0.481 e. The Balaban J connectivity index is 1.54. The molecule has 45 heavy (non-hydrogen) atoms. The highest BCUT2D eigenvalue weighted by Gasteiger charge is 2.60. The predicted octanol–water partition coefficient (Wildman–Crippen LogP) is 3.82. The first-order valence-electron chi connectivity index (χ1n) is 14.3. The van der Waals surface area contributed by atoms with Gasteiger partial charge in [0.15, 0.2) is 10.8 Å². The van der Waals surface area contributed by atoms with Gasteiger partial charge in [-0.25, -0.2) is 28.0 Å². The van der Waals surface area contributed by atoms with E-state index in [-0.39, 0.29) is 35.8 Å². The third kappa shape index (κ3) is 6.10. The number of esters is 1. The molecular weight excluding hydrogens is 613 g/mol. The number of aliphatic imine (C=N–C) groups is 1. The predicted molar refractivity (Wildman–Crippen MR) is 160 cm³/mol. The Morgan fingerprint density at radius 2 is 1.98 bits per heavy atom. The van der Waals surface area contributed by atoms with Gasteiger partial charge in [0, 0.05) is 36.0 Å². The number of amidine groups is 1. The molecule has 11 nitrogen and oxygen atoms in total. The number of ether oxygens (including phenoxy) is 1. The molecule has 1 aromatic carbocycles. The van der Waals surface area contributed by atoms with Crippen molar-refractivity contribution in [3.05, 3.63) is 62.5 Å². The van der Waals surface area contributed by atoms with E-state index >= 15 is 8.78 Å². The molecule has 1 amide bonds. The number of fused-ring (bicyclic) bond motifs is 1. The van der Waals surface area contributed by atoms with E-state index in [0.717, 1.165) is 5.69 Å². The Kier molecular flexibility index (Phi) is 8.61. The molecule has 3 aliphatic heterocycles. The van der Waals surface area contributed by atoms with Crippen LogP contribution in [0.25, 0.3) is 0 Å². The first kappa shape index (κ1) is 32.3. The van der Waals surface area contributed by atoms with Crippen LogP contribution in [0, 0.1) is 25.1 Å². The summed E-state index contributed by atoms with van der Waals surface area (Å²) in [5, 5.41) is 19.5. The maximum atomic E-state index is 15.6. The number of aliphatic carboxylic acids is 1. The first-order chi connectivity index (χ1) is 21.1. The normalized spacial score (nSPS) is 22.7. The number of carbonyl (C=O) groups excluding carboxylic acids is 2. The third-order valence-corrected chi connectivity index (χ3v) is 9.00. The molecule has 0 bridgehead atoms. The molecule has 4 heterocycles. The Morgan fingerprint density at radius 3 is 2.62 bits per heavy atom. The molecule has 3 atom stereocenters. The summed E-state index contributed by atoms with van der Waals surface area (Å²) in [6.07, 6.45) is 0.707. The van der Waals surface area contributed by atoms with Crippen molar-refractivity contribution in [1.82, 2.24) is 20.2 Å². The van der Waals surface area contributed by atoms with Gasteiger partial charge in [-0.05, 0) is 51.8 Å². The first-order valence-corrected chi connectivity index (χ1v) is 15.2. The number of amides is 1. The van der Waals surface area contributed by atoms with Crippen LogP contribution in [0.5, 0.6) is 0 Å². The fraction of sp³-hybridized carbons (Fsp3) is 0.467. The molecular formula is C30H33F3N6O5S. The van der Waals surface area contributed by atoms with Crippen molar-refractivity contribution >= 4 is 41.2 Å². The van der Waals surface area contributed by atoms with Gasteiger partial charge in [0.2, 0.25) is 5.91 Å². The third-order valence-electron chi connectivity index (χ3n) is 8.04. The monoisotopic (exact) mass is 646 g/mol. The lowest BCUT2D eigenvalue weighted by atomic mass is 9.89. The van der Waals surface area contributed by atoms with Crippen LogP contribution in [0.2, 0.25) is 0 Å². The number of hydrazone groups is 1. The standard InChI is InChI=1S/C30H33F3N6O5S/c1-6-44-27(41)22-19(36-25(26-35-15(2)13-45-26)37-23(22)17-8-7-9-18(31)16(17)3)12-38-14-30(32,33)24-20(38)11-34-39(24)21(40)10-29(4,5)28(42)43/h7-9,11,13,20,23-24H,6,10,12,14H2,1-5H3,(H,36,37)(H,42,43)/t20-,23+,24+/m1/s1. The number of aryl methyl sites for hydroxylation is 1. The van der Waals surface area contributed by atoms with Crippen LogP contribution < -0.4 is 5.32 Å². The lowest BCUT2D eigenvalue weighted by Crippen LogP contribution is -2.49. The molecule has 5 rings (SSSR count). The molecule has 240 valence electrons. The number of likely N-dealkylation sites (tertiary alicyclic amines) is 1. The number of nitrogens with one attached hydrogen (secondary N) is 1. The van der Waals surface area contributed by atoms with Gasteiger partial charge in [0.1, 0.15) is 17.9 Å². The lowest BCUT2D eigenvalue weighted by molar-refractivity contribution is -0.154. The van der Waals surface area contributed by atoms with Crippen molar-refractivity contribution < 1.29 is 37.4 Å². The van der Waals surface area contributed by atoms with Crippen molar-refractivity contribution in [3.8, 4) is 0 Å². The highest BCUT2D eigenvalue weighted by atomic mass is 32.1. The number of hydrogen-bond acceptors (Lipinski definition) is 10. The van der Waals surface area contributed by atoms with E-state index in [2.05, 4.69) is 15.4 Å². The lowest BCUT2D eigenvalue weighted by Gasteiger charge is -2.31. The molecule has 1 fully saturated rings. The highest BCUT2D eigenvalue weighted by molar-refractivity contribution is 7.11. The SMILES string of the molecule is CCOC(=O)C1=C(CN2CC(F)(F)[C@@H]3[C@H]2C=NN3C(=O)CC(C)(C)C(=O)O)NC(c2nc(C)cs2)=N[C@H]1c1cccc(F)c1C. The van der Waals surface area contributed by atoms with Gasteiger partial charge < -0.3 is 15.2 Å². The minimum atomic E-state index is -3.43. The van der Waals surface area contributed by atoms with E-state index in [1.54, 1.807) is 26.8 Å². The number of alkyl halides is 2. The highest BCUT2D eigenvalue weighted by Crippen LogP contribution is 2.41. The van der Waals surface area contributed by atoms with Crippen LogP contribution in [-0.2, 0) is 19.1 Å². The van der Waals surface area contributed by atoms with Crippen LogP contribution in [-0.4, -0.2) is 87.6 Å². The summed E-state index contributed by atoms with van der Waals surface area (Å²) in [5.41, 5.74) is 0.130. The summed E-state index contributed by atoms with van der Waals surface area (Å²) < 4.78 is 51.4. The molecule has 15 heteroatoms. The number of thiazole rings is 1. The number of carboxylic acid groups (broad SMARTS) is 1. The second-order valence-electron chi connectivity index (χ2n) is 11.8. The van der Waals surface area contributed by atoms with E-state index < -0.39 is 66.1 Å². The average Bonchev–Trinajstić information content (AvgIpc) is 3.66. The van der Waals surface area contributed by atoms with Crippen LogP contribution in [0.15, 0.2) is 44.9 Å².